The number of likely N-dealkylation sites (tertiary alicyclic amines) is 1. The normalized spacial score (nSPS) is 22.3. The van der Waals surface area contributed by atoms with Crippen LogP contribution in [0, 0.1) is 11.6 Å². The van der Waals surface area contributed by atoms with E-state index in [0.717, 1.165) is 21.9 Å². The second-order valence-corrected chi connectivity index (χ2v) is 7.86. The third kappa shape index (κ3) is 4.54. The van der Waals surface area contributed by atoms with Crippen molar-refractivity contribution >= 4 is 6.09 Å². The molecule has 1 aliphatic heterocycles. The van der Waals surface area contributed by atoms with Crippen LogP contribution in [0.15, 0.2) is 18.2 Å². The largest absolute Gasteiger partial charge is 0.465 e. The number of carboxylic acid groups (broad SMARTS) is 1. The molecule has 1 fully saturated rings. The molecule has 158 valence electrons. The second-order valence-electron chi connectivity index (χ2n) is 7.86. The Morgan fingerprint density at radius 2 is 1.82 bits per heavy atom. The van der Waals surface area contributed by atoms with Gasteiger partial charge in [-0.25, -0.2) is 13.6 Å². The average molecular weight is 410 g/mol. The topological polar surface area (TPSA) is 64.0 Å². The molecule has 28 heavy (non-hydrogen) atoms. The van der Waals surface area contributed by atoms with E-state index in [1.165, 1.54) is 6.07 Å². The summed E-state index contributed by atoms with van der Waals surface area (Å²) in [6.45, 7) is 3.03. The predicted molar refractivity (Wildman–Crippen MR) is 91.0 cm³/mol. The number of nitrogens with zero attached hydrogens (tertiary/aromatic N) is 2. The number of benzene rings is 1. The SMILES string of the molecule is CC(C)(C)N(C(=O)O)[C@@H]1CN(C(CO)C(F)(F)F)C[C@H]1c1ccc(F)c(F)c1. The van der Waals surface area contributed by atoms with Gasteiger partial charge in [0, 0.05) is 24.5 Å². The average Bonchev–Trinajstić information content (AvgIpc) is 2.91. The summed E-state index contributed by atoms with van der Waals surface area (Å²) in [6, 6.07) is -0.149. The van der Waals surface area contributed by atoms with Crippen LogP contribution in [0.3, 0.4) is 0 Å². The highest BCUT2D eigenvalue weighted by molar-refractivity contribution is 5.67. The molecular formula is C18H23F5N2O3. The molecule has 0 aliphatic carbocycles. The van der Waals surface area contributed by atoms with Crippen LogP contribution in [-0.4, -0.2) is 69.6 Å². The molecule has 0 bridgehead atoms. The molecule has 1 aromatic rings. The van der Waals surface area contributed by atoms with Crippen molar-refractivity contribution in [2.75, 3.05) is 19.7 Å². The summed E-state index contributed by atoms with van der Waals surface area (Å²) in [4.78, 5) is 13.9. The van der Waals surface area contributed by atoms with Gasteiger partial charge in [-0.1, -0.05) is 6.07 Å². The number of hydrogen-bond donors (Lipinski definition) is 2. The Hall–Kier alpha value is -1.94. The molecule has 1 unspecified atom stereocenters. The minimum absolute atomic E-state index is 0.195. The van der Waals surface area contributed by atoms with Gasteiger partial charge in [0.05, 0.1) is 12.6 Å². The monoisotopic (exact) mass is 410 g/mol. The smallest absolute Gasteiger partial charge is 0.408 e. The third-order valence-corrected chi connectivity index (χ3v) is 4.94. The van der Waals surface area contributed by atoms with Crippen molar-refractivity contribution in [3.63, 3.8) is 0 Å². The number of aliphatic hydroxyl groups excluding tert-OH is 1. The quantitative estimate of drug-likeness (QED) is 0.747. The lowest BCUT2D eigenvalue weighted by Gasteiger charge is -2.40. The van der Waals surface area contributed by atoms with Gasteiger partial charge in [0.2, 0.25) is 0 Å². The lowest BCUT2D eigenvalue weighted by molar-refractivity contribution is -0.190. The second kappa shape index (κ2) is 7.82. The van der Waals surface area contributed by atoms with Crippen molar-refractivity contribution in [1.82, 2.24) is 9.80 Å². The Labute approximate surface area is 159 Å². The lowest BCUT2D eigenvalue weighted by Crippen LogP contribution is -2.54. The predicted octanol–water partition coefficient (Wildman–Crippen LogP) is 3.43. The van der Waals surface area contributed by atoms with Gasteiger partial charge < -0.3 is 10.2 Å². The molecule has 3 atom stereocenters. The van der Waals surface area contributed by atoms with E-state index in [4.69, 9.17) is 0 Å². The Bertz CT molecular complexity index is 720. The highest BCUT2D eigenvalue weighted by atomic mass is 19.4. The molecule has 1 amide bonds. The van der Waals surface area contributed by atoms with Gasteiger partial charge in [0.15, 0.2) is 11.6 Å². The van der Waals surface area contributed by atoms with E-state index in [-0.39, 0.29) is 18.7 Å². The van der Waals surface area contributed by atoms with E-state index in [2.05, 4.69) is 0 Å². The minimum Gasteiger partial charge on any atom is -0.465 e. The molecular weight excluding hydrogens is 387 g/mol. The van der Waals surface area contributed by atoms with Crippen LogP contribution in [0.1, 0.15) is 32.3 Å². The van der Waals surface area contributed by atoms with Gasteiger partial charge in [-0.15, -0.1) is 0 Å². The van der Waals surface area contributed by atoms with E-state index in [1.54, 1.807) is 20.8 Å². The zero-order valence-electron chi connectivity index (χ0n) is 15.7. The molecule has 1 heterocycles. The summed E-state index contributed by atoms with van der Waals surface area (Å²) in [5, 5.41) is 18.9. The summed E-state index contributed by atoms with van der Waals surface area (Å²) >= 11 is 0. The van der Waals surface area contributed by atoms with Gasteiger partial charge in [-0.2, -0.15) is 13.2 Å². The fourth-order valence-corrected chi connectivity index (χ4v) is 3.76. The van der Waals surface area contributed by atoms with Crippen LogP contribution >= 0.6 is 0 Å². The molecule has 1 aliphatic rings. The number of carbonyl (C=O) groups is 1. The van der Waals surface area contributed by atoms with Crippen LogP contribution in [0.25, 0.3) is 0 Å². The van der Waals surface area contributed by atoms with E-state index >= 15 is 0 Å². The van der Waals surface area contributed by atoms with Crippen LogP contribution in [-0.2, 0) is 0 Å². The zero-order chi connectivity index (χ0) is 21.4. The van der Waals surface area contributed by atoms with E-state index in [1.807, 2.05) is 0 Å². The first-order chi connectivity index (χ1) is 12.8. The van der Waals surface area contributed by atoms with Crippen LogP contribution in [0.5, 0.6) is 0 Å². The number of alkyl halides is 3. The summed E-state index contributed by atoms with van der Waals surface area (Å²) in [7, 11) is 0. The van der Waals surface area contributed by atoms with Gasteiger partial charge in [0.1, 0.15) is 6.04 Å². The first-order valence-corrected chi connectivity index (χ1v) is 8.66. The number of halogens is 5. The zero-order valence-corrected chi connectivity index (χ0v) is 15.7. The summed E-state index contributed by atoms with van der Waals surface area (Å²) in [5.41, 5.74) is -0.753. The molecule has 2 rings (SSSR count). The van der Waals surface area contributed by atoms with Gasteiger partial charge in [-0.3, -0.25) is 9.80 Å². The molecule has 5 nitrogen and oxygen atoms in total. The maximum absolute atomic E-state index is 13.7. The van der Waals surface area contributed by atoms with E-state index in [9.17, 15) is 37.0 Å². The maximum Gasteiger partial charge on any atom is 0.408 e. The standard InChI is InChI=1S/C18H23F5N2O3/c1-17(2,3)25(16(27)28)14-8-24(15(9-26)18(21,22)23)7-11(14)10-4-5-12(19)13(20)6-10/h4-6,11,14-15,26H,7-9H2,1-3H3,(H,27,28)/t11-,14+,15?/m0/s1. The maximum atomic E-state index is 13.7. The molecule has 0 saturated carbocycles. The number of amides is 1. The summed E-state index contributed by atoms with van der Waals surface area (Å²) in [5.74, 6) is -3.10. The Kier molecular flexibility index (Phi) is 6.25. The van der Waals surface area contributed by atoms with Gasteiger partial charge in [-0.05, 0) is 38.5 Å². The van der Waals surface area contributed by atoms with Crippen LogP contribution in [0.4, 0.5) is 26.7 Å². The van der Waals surface area contributed by atoms with Crippen molar-refractivity contribution in [2.24, 2.45) is 0 Å². The van der Waals surface area contributed by atoms with E-state index < -0.39 is 54.1 Å². The van der Waals surface area contributed by atoms with Crippen LogP contribution in [0.2, 0.25) is 0 Å². The molecule has 1 saturated heterocycles. The number of aliphatic hydroxyl groups is 1. The minimum atomic E-state index is -4.72. The Balaban J connectivity index is 2.50. The lowest BCUT2D eigenvalue weighted by atomic mass is 9.90. The summed E-state index contributed by atoms with van der Waals surface area (Å²) in [6.07, 6.45) is -6.06. The van der Waals surface area contributed by atoms with Crippen LogP contribution < -0.4 is 0 Å². The molecule has 0 aromatic heterocycles. The Morgan fingerprint density at radius 3 is 2.25 bits per heavy atom. The number of rotatable bonds is 4. The molecule has 2 N–H and O–H groups in total. The summed E-state index contributed by atoms with van der Waals surface area (Å²) < 4.78 is 66.9. The van der Waals surface area contributed by atoms with E-state index in [0.29, 0.717) is 0 Å². The molecule has 1 aromatic carbocycles. The van der Waals surface area contributed by atoms with Crippen molar-refractivity contribution < 1.29 is 37.0 Å². The van der Waals surface area contributed by atoms with Crippen molar-refractivity contribution in [3.8, 4) is 0 Å². The fraction of sp³-hybridized carbons (Fsp3) is 0.611. The highest BCUT2D eigenvalue weighted by Gasteiger charge is 2.51. The Morgan fingerprint density at radius 1 is 1.21 bits per heavy atom. The first-order valence-electron chi connectivity index (χ1n) is 8.66. The molecule has 0 spiro atoms. The van der Waals surface area contributed by atoms with Crippen molar-refractivity contribution in [3.05, 3.63) is 35.4 Å². The first kappa shape index (κ1) is 22.4. The van der Waals surface area contributed by atoms with Crippen molar-refractivity contribution in [2.45, 2.75) is 50.5 Å². The van der Waals surface area contributed by atoms with Gasteiger partial charge >= 0.3 is 12.3 Å². The van der Waals surface area contributed by atoms with Gasteiger partial charge in [0.25, 0.3) is 0 Å². The molecule has 0 radical (unpaired) electrons. The molecule has 10 heteroatoms. The number of hydrogen-bond acceptors (Lipinski definition) is 3. The van der Waals surface area contributed by atoms with Crippen molar-refractivity contribution in [1.29, 1.82) is 0 Å². The third-order valence-electron chi connectivity index (χ3n) is 4.94. The fourth-order valence-electron chi connectivity index (χ4n) is 3.76. The highest BCUT2D eigenvalue weighted by Crippen LogP contribution is 2.38.